The molecule has 0 aliphatic heterocycles. The molecule has 10 heteroatoms. The molecule has 1 aromatic carbocycles. The van der Waals surface area contributed by atoms with Crippen LogP contribution in [0.4, 0.5) is 14.6 Å². The van der Waals surface area contributed by atoms with Crippen LogP contribution in [0.1, 0.15) is 45.2 Å². The Bertz CT molecular complexity index is 1040. The Balaban J connectivity index is 1.57. The lowest BCUT2D eigenvalue weighted by molar-refractivity contribution is -0.129. The first-order chi connectivity index (χ1) is 16.0. The zero-order valence-corrected chi connectivity index (χ0v) is 20.2. The summed E-state index contributed by atoms with van der Waals surface area (Å²) in [5, 5.41) is 8.87. The van der Waals surface area contributed by atoms with Crippen molar-refractivity contribution in [1.29, 1.82) is 0 Å². The SMILES string of the molecule is COC[C@H](C)NC(=O)C(C)(C)n1cnc(NC(=O)[C@H](C)NC2CCc3cc(F)cc(F)c3C2)c1. The number of ether oxygens (including phenoxy) is 1. The molecule has 0 saturated heterocycles. The van der Waals surface area contributed by atoms with E-state index in [9.17, 15) is 18.4 Å². The van der Waals surface area contributed by atoms with Gasteiger partial charge in [0.05, 0.1) is 19.0 Å². The Morgan fingerprint density at radius 3 is 2.74 bits per heavy atom. The van der Waals surface area contributed by atoms with E-state index in [0.717, 1.165) is 6.07 Å². The highest BCUT2D eigenvalue weighted by atomic mass is 19.1. The number of halogens is 2. The quantitative estimate of drug-likeness (QED) is 0.516. The van der Waals surface area contributed by atoms with Crippen LogP contribution in [0.3, 0.4) is 0 Å². The van der Waals surface area contributed by atoms with E-state index in [2.05, 4.69) is 20.9 Å². The van der Waals surface area contributed by atoms with Gasteiger partial charge < -0.3 is 25.3 Å². The molecule has 0 spiro atoms. The number of imidazole rings is 1. The third-order valence-corrected chi connectivity index (χ3v) is 6.17. The van der Waals surface area contributed by atoms with Crippen LogP contribution in [0.5, 0.6) is 0 Å². The fourth-order valence-corrected chi connectivity index (χ4v) is 4.10. The summed E-state index contributed by atoms with van der Waals surface area (Å²) in [6.45, 7) is 7.48. The number of benzene rings is 1. The van der Waals surface area contributed by atoms with Gasteiger partial charge in [-0.15, -0.1) is 0 Å². The number of amides is 2. The maximum absolute atomic E-state index is 14.2. The van der Waals surface area contributed by atoms with Gasteiger partial charge in [-0.1, -0.05) is 0 Å². The minimum absolute atomic E-state index is 0.109. The summed E-state index contributed by atoms with van der Waals surface area (Å²) in [6, 6.07) is 1.45. The lowest BCUT2D eigenvalue weighted by atomic mass is 9.87. The molecule has 1 unspecified atom stereocenters. The number of carbonyl (C=O) groups excluding carboxylic acids is 2. The number of fused-ring (bicyclic) bond motifs is 1. The topological polar surface area (TPSA) is 97.3 Å². The van der Waals surface area contributed by atoms with Crippen LogP contribution < -0.4 is 16.0 Å². The second-order valence-corrected chi connectivity index (χ2v) is 9.40. The van der Waals surface area contributed by atoms with Crippen LogP contribution >= 0.6 is 0 Å². The number of rotatable bonds is 9. The van der Waals surface area contributed by atoms with Crippen molar-refractivity contribution in [1.82, 2.24) is 20.2 Å². The van der Waals surface area contributed by atoms with Gasteiger partial charge in [-0.05, 0) is 64.2 Å². The van der Waals surface area contributed by atoms with E-state index >= 15 is 0 Å². The van der Waals surface area contributed by atoms with E-state index in [4.69, 9.17) is 4.74 Å². The summed E-state index contributed by atoms with van der Waals surface area (Å²) in [6.07, 6.45) is 4.70. The maximum Gasteiger partial charge on any atom is 0.245 e. The van der Waals surface area contributed by atoms with E-state index in [1.807, 2.05) is 6.92 Å². The molecule has 1 heterocycles. The predicted molar refractivity (Wildman–Crippen MR) is 124 cm³/mol. The van der Waals surface area contributed by atoms with Crippen molar-refractivity contribution in [2.75, 3.05) is 19.0 Å². The molecule has 0 bridgehead atoms. The number of nitrogens with one attached hydrogen (secondary N) is 3. The number of aryl methyl sites for hydroxylation is 1. The van der Waals surface area contributed by atoms with Crippen LogP contribution in [0.15, 0.2) is 24.7 Å². The molecule has 2 amide bonds. The van der Waals surface area contributed by atoms with Crippen molar-refractivity contribution in [2.45, 2.75) is 70.6 Å². The molecule has 0 saturated carbocycles. The van der Waals surface area contributed by atoms with E-state index in [0.29, 0.717) is 42.8 Å². The molecule has 0 radical (unpaired) electrons. The first-order valence-corrected chi connectivity index (χ1v) is 11.4. The molecule has 34 heavy (non-hydrogen) atoms. The molecule has 1 aliphatic carbocycles. The smallest absolute Gasteiger partial charge is 0.245 e. The molecule has 3 N–H and O–H groups in total. The van der Waals surface area contributed by atoms with Gasteiger partial charge in [0.2, 0.25) is 11.8 Å². The van der Waals surface area contributed by atoms with Crippen LogP contribution in [-0.2, 0) is 32.7 Å². The number of anilines is 1. The first kappa shape index (κ1) is 25.8. The lowest BCUT2D eigenvalue weighted by Crippen LogP contribution is -2.48. The third kappa shape index (κ3) is 5.98. The Kier molecular flexibility index (Phi) is 8.04. The minimum atomic E-state index is -0.930. The third-order valence-electron chi connectivity index (χ3n) is 6.17. The van der Waals surface area contributed by atoms with Gasteiger partial charge in [0.25, 0.3) is 0 Å². The number of aromatic nitrogens is 2. The molecular weight excluding hydrogens is 444 g/mol. The Morgan fingerprint density at radius 2 is 2.03 bits per heavy atom. The summed E-state index contributed by atoms with van der Waals surface area (Å²) < 4.78 is 34.3. The number of carbonyl (C=O) groups is 2. The van der Waals surface area contributed by atoms with Crippen molar-refractivity contribution in [3.05, 3.63) is 47.4 Å². The van der Waals surface area contributed by atoms with Crippen LogP contribution in [0.2, 0.25) is 0 Å². The number of nitrogens with zero attached hydrogens (tertiary/aromatic N) is 2. The molecule has 1 aromatic heterocycles. The molecule has 2 aromatic rings. The average Bonchev–Trinajstić information content (AvgIpc) is 3.23. The average molecular weight is 478 g/mol. The fraction of sp³-hybridized carbons (Fsp3) is 0.542. The van der Waals surface area contributed by atoms with Crippen molar-refractivity contribution in [2.24, 2.45) is 0 Å². The zero-order valence-electron chi connectivity index (χ0n) is 20.2. The highest BCUT2D eigenvalue weighted by molar-refractivity contribution is 5.93. The number of methoxy groups -OCH3 is 1. The summed E-state index contributed by atoms with van der Waals surface area (Å²) in [7, 11) is 1.57. The predicted octanol–water partition coefficient (Wildman–Crippen LogP) is 2.52. The van der Waals surface area contributed by atoms with Gasteiger partial charge >= 0.3 is 0 Å². The number of hydrogen-bond acceptors (Lipinski definition) is 5. The van der Waals surface area contributed by atoms with Crippen molar-refractivity contribution < 1.29 is 23.1 Å². The van der Waals surface area contributed by atoms with Gasteiger partial charge in [0.1, 0.15) is 17.2 Å². The molecule has 0 fully saturated rings. The lowest BCUT2D eigenvalue weighted by Gasteiger charge is -2.28. The minimum Gasteiger partial charge on any atom is -0.383 e. The van der Waals surface area contributed by atoms with E-state index in [-0.39, 0.29) is 23.9 Å². The van der Waals surface area contributed by atoms with Crippen molar-refractivity contribution >= 4 is 17.6 Å². The van der Waals surface area contributed by atoms with Gasteiger partial charge in [-0.2, -0.15) is 0 Å². The molecular formula is C24H33F2N5O3. The van der Waals surface area contributed by atoms with Crippen molar-refractivity contribution in [3.8, 4) is 0 Å². The van der Waals surface area contributed by atoms with E-state index in [1.54, 1.807) is 38.6 Å². The maximum atomic E-state index is 14.2. The van der Waals surface area contributed by atoms with Crippen molar-refractivity contribution in [3.63, 3.8) is 0 Å². The number of hydrogen-bond donors (Lipinski definition) is 3. The monoisotopic (exact) mass is 477 g/mol. The van der Waals surface area contributed by atoms with E-state index < -0.39 is 23.2 Å². The summed E-state index contributed by atoms with van der Waals surface area (Å²) >= 11 is 0. The van der Waals surface area contributed by atoms with Gasteiger partial charge in [-0.3, -0.25) is 9.59 Å². The first-order valence-electron chi connectivity index (χ1n) is 11.4. The summed E-state index contributed by atoms with van der Waals surface area (Å²) in [5.41, 5.74) is 0.249. The van der Waals surface area contributed by atoms with Crippen LogP contribution in [-0.4, -0.2) is 53.2 Å². The largest absolute Gasteiger partial charge is 0.383 e. The van der Waals surface area contributed by atoms with Crippen LogP contribution in [0, 0.1) is 11.6 Å². The molecule has 8 nitrogen and oxygen atoms in total. The molecule has 3 atom stereocenters. The van der Waals surface area contributed by atoms with Gasteiger partial charge in [0.15, 0.2) is 5.82 Å². The Hall–Kier alpha value is -2.85. The van der Waals surface area contributed by atoms with Crippen LogP contribution in [0.25, 0.3) is 0 Å². The standard InChI is InChI=1S/C24H33F2N5O3/c1-14(12-34-5)28-23(33)24(3,4)31-11-21(27-13-31)30-22(32)15(2)29-18-7-6-16-8-17(25)9-20(26)19(16)10-18/h8-9,11,13-15,18,29H,6-7,10,12H2,1-5H3,(H,28,33)(H,30,32)/t14-,15-,18?/m0/s1. The zero-order chi connectivity index (χ0) is 25.0. The van der Waals surface area contributed by atoms with Gasteiger partial charge in [-0.25, -0.2) is 13.8 Å². The summed E-state index contributed by atoms with van der Waals surface area (Å²) in [4.78, 5) is 29.6. The van der Waals surface area contributed by atoms with Gasteiger partial charge in [0, 0.05) is 31.5 Å². The Labute approximate surface area is 198 Å². The summed E-state index contributed by atoms with van der Waals surface area (Å²) in [5.74, 6) is -1.30. The highest BCUT2D eigenvalue weighted by Gasteiger charge is 2.31. The highest BCUT2D eigenvalue weighted by Crippen LogP contribution is 2.25. The second kappa shape index (κ2) is 10.6. The molecule has 186 valence electrons. The van der Waals surface area contributed by atoms with E-state index in [1.165, 1.54) is 12.4 Å². The second-order valence-electron chi connectivity index (χ2n) is 9.40. The molecule has 1 aliphatic rings. The fourth-order valence-electron chi connectivity index (χ4n) is 4.10. The normalized spacial score (nSPS) is 17.6. The Morgan fingerprint density at radius 1 is 1.29 bits per heavy atom. The molecule has 3 rings (SSSR count).